The van der Waals surface area contributed by atoms with E-state index in [-0.39, 0.29) is 23.9 Å². The summed E-state index contributed by atoms with van der Waals surface area (Å²) in [6, 6.07) is 6.34. The predicted octanol–water partition coefficient (Wildman–Crippen LogP) is 2.92. The molecule has 3 N–H and O–H groups in total. The first-order chi connectivity index (χ1) is 14.3. The van der Waals surface area contributed by atoms with E-state index in [2.05, 4.69) is 15.5 Å². The molecule has 1 amide bonds. The van der Waals surface area contributed by atoms with Gasteiger partial charge in [-0.1, -0.05) is 30.0 Å². The minimum absolute atomic E-state index is 0.00559. The number of carbonyl (C=O) groups excluding carboxylic acids is 2. The third kappa shape index (κ3) is 4.62. The number of ether oxygens (including phenoxy) is 1. The highest BCUT2D eigenvalue weighted by Crippen LogP contribution is 2.33. The Balaban J connectivity index is 1.65. The van der Waals surface area contributed by atoms with E-state index < -0.39 is 5.97 Å². The molecule has 0 saturated heterocycles. The number of nitrogen functional groups attached to an aromatic ring is 1. The third-order valence-corrected chi connectivity index (χ3v) is 6.47. The highest BCUT2D eigenvalue weighted by atomic mass is 32.2. The molecule has 1 aromatic carbocycles. The van der Waals surface area contributed by atoms with Crippen molar-refractivity contribution < 1.29 is 18.7 Å². The fourth-order valence-electron chi connectivity index (χ4n) is 2.69. The van der Waals surface area contributed by atoms with Crippen LogP contribution < -0.4 is 11.2 Å². The largest absolute Gasteiger partial charge is 0.465 e. The van der Waals surface area contributed by atoms with Crippen molar-refractivity contribution in [1.29, 1.82) is 0 Å². The maximum absolute atomic E-state index is 13.8. The molecule has 11 heteroatoms. The summed E-state index contributed by atoms with van der Waals surface area (Å²) in [6.07, 6.45) is 0.180. The number of hydrogen-bond donors (Lipinski definition) is 2. The van der Waals surface area contributed by atoms with Gasteiger partial charge in [0.15, 0.2) is 5.82 Å². The SMILES string of the molecule is COC(=O)c1c(NC(=O)CSc2nnc(Cc3ccccc3F)n2N)sc(C)c1C. The maximum Gasteiger partial charge on any atom is 0.341 e. The van der Waals surface area contributed by atoms with Crippen molar-refractivity contribution in [3.63, 3.8) is 0 Å². The average molecular weight is 450 g/mol. The van der Waals surface area contributed by atoms with Crippen molar-refractivity contribution in [2.24, 2.45) is 0 Å². The van der Waals surface area contributed by atoms with E-state index in [0.717, 1.165) is 22.2 Å². The highest BCUT2D eigenvalue weighted by Gasteiger charge is 2.22. The van der Waals surface area contributed by atoms with Crippen LogP contribution in [0.3, 0.4) is 0 Å². The zero-order valence-corrected chi connectivity index (χ0v) is 18.2. The Labute approximate surface area is 180 Å². The Hall–Kier alpha value is -2.92. The molecule has 8 nitrogen and oxygen atoms in total. The number of thioether (sulfide) groups is 1. The number of nitrogens with two attached hydrogens (primary N) is 1. The van der Waals surface area contributed by atoms with Crippen molar-refractivity contribution in [2.75, 3.05) is 24.0 Å². The molecule has 158 valence electrons. The molecule has 0 radical (unpaired) electrons. The van der Waals surface area contributed by atoms with Crippen LogP contribution in [-0.2, 0) is 16.0 Å². The van der Waals surface area contributed by atoms with Gasteiger partial charge in [0.2, 0.25) is 11.1 Å². The van der Waals surface area contributed by atoms with Gasteiger partial charge >= 0.3 is 5.97 Å². The number of nitrogens with zero attached hydrogens (tertiary/aromatic N) is 3. The van der Waals surface area contributed by atoms with Crippen molar-refractivity contribution in [2.45, 2.75) is 25.4 Å². The normalized spacial score (nSPS) is 10.8. The molecule has 2 heterocycles. The number of aromatic nitrogens is 3. The van der Waals surface area contributed by atoms with Gasteiger partial charge < -0.3 is 15.9 Å². The van der Waals surface area contributed by atoms with Crippen LogP contribution in [0.4, 0.5) is 9.39 Å². The molecular formula is C19H20FN5O3S2. The lowest BCUT2D eigenvalue weighted by Gasteiger charge is -2.06. The van der Waals surface area contributed by atoms with E-state index in [1.807, 2.05) is 6.92 Å². The first-order valence-corrected chi connectivity index (χ1v) is 10.7. The van der Waals surface area contributed by atoms with Gasteiger partial charge in [0.25, 0.3) is 0 Å². The molecule has 3 rings (SSSR count). The lowest BCUT2D eigenvalue weighted by Crippen LogP contribution is -2.18. The summed E-state index contributed by atoms with van der Waals surface area (Å²) < 4.78 is 19.9. The third-order valence-electron chi connectivity index (χ3n) is 4.40. The van der Waals surface area contributed by atoms with Crippen LogP contribution in [0.2, 0.25) is 0 Å². The molecule has 0 atom stereocenters. The van der Waals surface area contributed by atoms with E-state index in [4.69, 9.17) is 10.6 Å². The number of amides is 1. The number of rotatable bonds is 7. The monoisotopic (exact) mass is 449 g/mol. The quantitative estimate of drug-likeness (QED) is 0.324. The van der Waals surface area contributed by atoms with Crippen LogP contribution >= 0.6 is 23.1 Å². The Bertz CT molecular complexity index is 1100. The Morgan fingerprint density at radius 3 is 2.73 bits per heavy atom. The molecule has 0 spiro atoms. The number of esters is 1. The molecule has 0 aliphatic carbocycles. The first kappa shape index (κ1) is 21.8. The molecule has 0 fully saturated rings. The topological polar surface area (TPSA) is 112 Å². The van der Waals surface area contributed by atoms with Crippen LogP contribution in [-0.4, -0.2) is 39.6 Å². The van der Waals surface area contributed by atoms with Crippen LogP contribution in [0.25, 0.3) is 0 Å². The second-order valence-corrected chi connectivity index (χ2v) is 8.52. The molecular weight excluding hydrogens is 429 g/mol. The number of anilines is 1. The summed E-state index contributed by atoms with van der Waals surface area (Å²) in [5.41, 5.74) is 1.58. The summed E-state index contributed by atoms with van der Waals surface area (Å²) in [6.45, 7) is 3.67. The van der Waals surface area contributed by atoms with Gasteiger partial charge in [0, 0.05) is 11.3 Å². The van der Waals surface area contributed by atoms with Gasteiger partial charge in [-0.3, -0.25) is 4.79 Å². The lowest BCUT2D eigenvalue weighted by molar-refractivity contribution is -0.113. The molecule has 0 unspecified atom stereocenters. The number of nitrogens with one attached hydrogen (secondary N) is 1. The van der Waals surface area contributed by atoms with E-state index in [0.29, 0.717) is 27.1 Å². The number of carbonyl (C=O) groups is 2. The van der Waals surface area contributed by atoms with Crippen LogP contribution in [0.1, 0.15) is 32.2 Å². The molecule has 0 saturated carbocycles. The van der Waals surface area contributed by atoms with Gasteiger partial charge in [-0.2, -0.15) is 0 Å². The summed E-state index contributed by atoms with van der Waals surface area (Å²) in [7, 11) is 1.29. The summed E-state index contributed by atoms with van der Waals surface area (Å²) in [5, 5.41) is 11.5. The Morgan fingerprint density at radius 2 is 2.03 bits per heavy atom. The molecule has 0 aliphatic heterocycles. The minimum atomic E-state index is -0.501. The first-order valence-electron chi connectivity index (χ1n) is 8.85. The predicted molar refractivity (Wildman–Crippen MR) is 114 cm³/mol. The van der Waals surface area contributed by atoms with E-state index in [1.54, 1.807) is 25.1 Å². The number of hydrogen-bond acceptors (Lipinski definition) is 8. The van der Waals surface area contributed by atoms with E-state index in [9.17, 15) is 14.0 Å². The highest BCUT2D eigenvalue weighted by molar-refractivity contribution is 7.99. The molecule has 2 aromatic heterocycles. The van der Waals surface area contributed by atoms with Gasteiger partial charge in [0.1, 0.15) is 10.8 Å². The van der Waals surface area contributed by atoms with Crippen LogP contribution in [0, 0.1) is 19.7 Å². The van der Waals surface area contributed by atoms with Gasteiger partial charge in [-0.15, -0.1) is 21.5 Å². The lowest BCUT2D eigenvalue weighted by atomic mass is 10.1. The van der Waals surface area contributed by atoms with Gasteiger partial charge in [0.05, 0.1) is 18.4 Å². The zero-order valence-electron chi connectivity index (χ0n) is 16.6. The molecule has 30 heavy (non-hydrogen) atoms. The standard InChI is InChI=1S/C19H20FN5O3S2/c1-10-11(2)30-17(16(10)18(27)28-3)22-15(26)9-29-19-24-23-14(25(19)21)8-12-6-4-5-7-13(12)20/h4-7H,8-9,21H2,1-3H3,(H,22,26). The minimum Gasteiger partial charge on any atom is -0.465 e. The maximum atomic E-state index is 13.8. The van der Waals surface area contributed by atoms with Crippen molar-refractivity contribution in [3.05, 3.63) is 57.5 Å². The summed E-state index contributed by atoms with van der Waals surface area (Å²) >= 11 is 2.40. The van der Waals surface area contributed by atoms with Crippen molar-refractivity contribution in [1.82, 2.24) is 14.9 Å². The number of aryl methyl sites for hydroxylation is 1. The summed E-state index contributed by atoms with van der Waals surface area (Å²) in [5.74, 6) is 5.20. The fourth-order valence-corrected chi connectivity index (χ4v) is 4.43. The van der Waals surface area contributed by atoms with Crippen LogP contribution in [0.15, 0.2) is 29.4 Å². The molecule has 0 aliphatic rings. The number of thiophene rings is 1. The van der Waals surface area contributed by atoms with E-state index >= 15 is 0 Å². The zero-order chi connectivity index (χ0) is 21.8. The smallest absolute Gasteiger partial charge is 0.341 e. The van der Waals surface area contributed by atoms with Crippen molar-refractivity contribution in [3.8, 4) is 0 Å². The number of halogens is 1. The Morgan fingerprint density at radius 1 is 1.30 bits per heavy atom. The fraction of sp³-hybridized carbons (Fsp3) is 0.263. The molecule has 3 aromatic rings. The van der Waals surface area contributed by atoms with Gasteiger partial charge in [-0.05, 0) is 31.0 Å². The molecule has 0 bridgehead atoms. The van der Waals surface area contributed by atoms with Gasteiger partial charge in [-0.25, -0.2) is 13.9 Å². The Kier molecular flexibility index (Phi) is 6.73. The average Bonchev–Trinajstić information content (AvgIpc) is 3.20. The number of benzene rings is 1. The summed E-state index contributed by atoms with van der Waals surface area (Å²) in [4.78, 5) is 25.3. The van der Waals surface area contributed by atoms with Crippen molar-refractivity contribution >= 4 is 40.0 Å². The second-order valence-electron chi connectivity index (χ2n) is 6.35. The number of methoxy groups -OCH3 is 1. The van der Waals surface area contributed by atoms with Crippen LogP contribution in [0.5, 0.6) is 0 Å². The van der Waals surface area contributed by atoms with E-state index in [1.165, 1.54) is 29.2 Å². The second kappa shape index (κ2) is 9.26.